The molecule has 78 valence electrons. The van der Waals surface area contributed by atoms with Crippen molar-refractivity contribution in [1.82, 2.24) is 14.6 Å². The predicted octanol–water partition coefficient (Wildman–Crippen LogP) is 2.04. The second-order valence-corrected chi connectivity index (χ2v) is 3.63. The first-order valence-corrected chi connectivity index (χ1v) is 4.70. The Morgan fingerprint density at radius 1 is 1.53 bits per heavy atom. The van der Waals surface area contributed by atoms with Gasteiger partial charge in [-0.05, 0) is 6.92 Å². The lowest BCUT2D eigenvalue weighted by Gasteiger charge is -2.02. The van der Waals surface area contributed by atoms with Gasteiger partial charge in [0, 0.05) is 5.56 Å². The van der Waals surface area contributed by atoms with E-state index in [4.69, 9.17) is 28.3 Å². The Kier molecular flexibility index (Phi) is 2.28. The molecule has 0 bridgehead atoms. The molecule has 0 saturated carbocycles. The van der Waals surface area contributed by atoms with Crippen LogP contribution >= 0.6 is 23.2 Å². The van der Waals surface area contributed by atoms with E-state index >= 15 is 0 Å². The molecule has 0 unspecified atom stereocenters. The Bertz CT molecular complexity index is 565. The maximum Gasteiger partial charge on any atom is 0.341 e. The molecular weight excluding hydrogens is 241 g/mol. The molecule has 15 heavy (non-hydrogen) atoms. The van der Waals surface area contributed by atoms with Crippen molar-refractivity contribution >= 4 is 34.8 Å². The van der Waals surface area contributed by atoms with Gasteiger partial charge in [0.2, 0.25) is 0 Å². The molecule has 0 aliphatic carbocycles. The molecule has 0 atom stereocenters. The van der Waals surface area contributed by atoms with Crippen molar-refractivity contribution in [3.8, 4) is 0 Å². The van der Waals surface area contributed by atoms with Crippen LogP contribution in [0.2, 0.25) is 10.3 Å². The van der Waals surface area contributed by atoms with Gasteiger partial charge >= 0.3 is 5.97 Å². The summed E-state index contributed by atoms with van der Waals surface area (Å²) in [5.41, 5.74) is 0.674. The number of carboxylic acid groups (broad SMARTS) is 1. The van der Waals surface area contributed by atoms with Crippen LogP contribution in [0.1, 0.15) is 15.9 Å². The number of halogens is 2. The highest BCUT2D eigenvalue weighted by molar-refractivity contribution is 6.34. The van der Waals surface area contributed by atoms with Crippen LogP contribution in [-0.2, 0) is 0 Å². The zero-order valence-corrected chi connectivity index (χ0v) is 9.04. The Balaban J connectivity index is 2.89. The van der Waals surface area contributed by atoms with Crippen molar-refractivity contribution < 1.29 is 9.90 Å². The van der Waals surface area contributed by atoms with Crippen LogP contribution in [0.5, 0.6) is 0 Å². The molecule has 1 N–H and O–H groups in total. The summed E-state index contributed by atoms with van der Waals surface area (Å²) in [6.07, 6.45) is 1.19. The number of aromatic nitrogens is 3. The Morgan fingerprint density at radius 2 is 2.20 bits per heavy atom. The molecule has 0 spiro atoms. The summed E-state index contributed by atoms with van der Waals surface area (Å²) in [5.74, 6) is -1.12. The highest BCUT2D eigenvalue weighted by Crippen LogP contribution is 2.24. The lowest BCUT2D eigenvalue weighted by atomic mass is 10.3. The van der Waals surface area contributed by atoms with Crippen molar-refractivity contribution in [2.45, 2.75) is 6.92 Å². The van der Waals surface area contributed by atoms with Crippen molar-refractivity contribution in [3.05, 3.63) is 27.6 Å². The number of hydrogen-bond donors (Lipinski definition) is 1. The average molecular weight is 246 g/mol. The molecule has 0 aliphatic heterocycles. The highest BCUT2D eigenvalue weighted by Gasteiger charge is 2.17. The standard InChI is InChI=1S/C8H5Cl2N3O2/c1-3-5(9)12-7-4(8(14)15)2-11-13(7)6(3)10/h2H,1H3,(H,14,15). The third-order valence-electron chi connectivity index (χ3n) is 1.98. The molecule has 7 heteroatoms. The largest absolute Gasteiger partial charge is 0.477 e. The number of nitrogens with zero attached hydrogens (tertiary/aromatic N) is 3. The Hall–Kier alpha value is -1.33. The van der Waals surface area contributed by atoms with E-state index in [0.717, 1.165) is 0 Å². The molecule has 0 amide bonds. The molecule has 2 rings (SSSR count). The van der Waals surface area contributed by atoms with Crippen molar-refractivity contribution in [2.75, 3.05) is 0 Å². The summed E-state index contributed by atoms with van der Waals surface area (Å²) in [4.78, 5) is 14.7. The maximum absolute atomic E-state index is 10.8. The summed E-state index contributed by atoms with van der Waals surface area (Å²) < 4.78 is 1.24. The van der Waals surface area contributed by atoms with Crippen molar-refractivity contribution in [1.29, 1.82) is 0 Å². The quantitative estimate of drug-likeness (QED) is 0.782. The van der Waals surface area contributed by atoms with Gasteiger partial charge in [0.1, 0.15) is 15.9 Å². The lowest BCUT2D eigenvalue weighted by Crippen LogP contribution is -2.00. The van der Waals surface area contributed by atoms with E-state index < -0.39 is 5.97 Å². The fourth-order valence-corrected chi connectivity index (χ4v) is 1.60. The topological polar surface area (TPSA) is 67.5 Å². The Labute approximate surface area is 94.2 Å². The van der Waals surface area contributed by atoms with Crippen LogP contribution in [0.4, 0.5) is 0 Å². The second kappa shape index (κ2) is 3.36. The van der Waals surface area contributed by atoms with Crippen molar-refractivity contribution in [3.63, 3.8) is 0 Å². The van der Waals surface area contributed by atoms with Gasteiger partial charge in [-0.3, -0.25) is 0 Å². The average Bonchev–Trinajstić information content (AvgIpc) is 2.58. The maximum atomic E-state index is 10.8. The first-order chi connectivity index (χ1) is 7.02. The Morgan fingerprint density at radius 3 is 2.80 bits per heavy atom. The minimum absolute atomic E-state index is 0.0289. The monoisotopic (exact) mass is 245 g/mol. The zero-order valence-electron chi connectivity index (χ0n) is 7.53. The molecule has 0 aromatic carbocycles. The highest BCUT2D eigenvalue weighted by atomic mass is 35.5. The first kappa shape index (κ1) is 10.2. The minimum atomic E-state index is -1.12. The molecule has 0 fully saturated rings. The number of hydrogen-bond acceptors (Lipinski definition) is 3. The molecule has 0 saturated heterocycles. The zero-order chi connectivity index (χ0) is 11.2. The van der Waals surface area contributed by atoms with Gasteiger partial charge in [-0.25, -0.2) is 14.3 Å². The van der Waals surface area contributed by atoms with Crippen LogP contribution in [0.15, 0.2) is 6.20 Å². The van der Waals surface area contributed by atoms with Crippen molar-refractivity contribution in [2.24, 2.45) is 0 Å². The van der Waals surface area contributed by atoms with E-state index in [1.165, 1.54) is 10.7 Å². The number of carboxylic acids is 1. The molecule has 0 radical (unpaired) electrons. The van der Waals surface area contributed by atoms with E-state index in [9.17, 15) is 4.79 Å². The van der Waals surface area contributed by atoms with E-state index in [1.54, 1.807) is 6.92 Å². The number of rotatable bonds is 1. The molecule has 2 aromatic heterocycles. The molecule has 2 heterocycles. The lowest BCUT2D eigenvalue weighted by molar-refractivity contribution is 0.0699. The smallest absolute Gasteiger partial charge is 0.341 e. The summed E-state index contributed by atoms with van der Waals surface area (Å²) >= 11 is 11.7. The van der Waals surface area contributed by atoms with Crippen LogP contribution in [0.3, 0.4) is 0 Å². The number of fused-ring (bicyclic) bond motifs is 1. The summed E-state index contributed by atoms with van der Waals surface area (Å²) in [5, 5.41) is 13.1. The van der Waals surface area contributed by atoms with Gasteiger partial charge < -0.3 is 5.11 Å². The summed E-state index contributed by atoms with van der Waals surface area (Å²) in [7, 11) is 0. The fourth-order valence-electron chi connectivity index (χ4n) is 1.16. The minimum Gasteiger partial charge on any atom is -0.477 e. The van der Waals surface area contributed by atoms with Gasteiger partial charge in [-0.1, -0.05) is 23.2 Å². The molecule has 5 nitrogen and oxygen atoms in total. The van der Waals surface area contributed by atoms with E-state index in [0.29, 0.717) is 5.56 Å². The fraction of sp³-hybridized carbons (Fsp3) is 0.125. The van der Waals surface area contributed by atoms with Gasteiger partial charge in [0.15, 0.2) is 5.65 Å². The van der Waals surface area contributed by atoms with Gasteiger partial charge in [-0.2, -0.15) is 5.10 Å². The number of aromatic carboxylic acids is 1. The molecule has 0 aliphatic rings. The molecular formula is C8H5Cl2N3O2. The SMILES string of the molecule is Cc1c(Cl)nc2c(C(=O)O)cnn2c1Cl. The number of carbonyl (C=O) groups is 1. The normalized spacial score (nSPS) is 10.9. The third kappa shape index (κ3) is 1.44. The third-order valence-corrected chi connectivity index (χ3v) is 2.79. The van der Waals surface area contributed by atoms with Gasteiger partial charge in [0.05, 0.1) is 6.20 Å². The van der Waals surface area contributed by atoms with Gasteiger partial charge in [-0.15, -0.1) is 0 Å². The van der Waals surface area contributed by atoms with E-state index in [1.807, 2.05) is 0 Å². The van der Waals surface area contributed by atoms with Crippen LogP contribution in [-0.4, -0.2) is 25.7 Å². The summed E-state index contributed by atoms with van der Waals surface area (Å²) in [6.45, 7) is 1.68. The van der Waals surface area contributed by atoms with E-state index in [-0.39, 0.29) is 21.5 Å². The summed E-state index contributed by atoms with van der Waals surface area (Å²) in [6, 6.07) is 0. The second-order valence-electron chi connectivity index (χ2n) is 2.92. The van der Waals surface area contributed by atoms with Crippen LogP contribution in [0, 0.1) is 6.92 Å². The molecule has 2 aromatic rings. The van der Waals surface area contributed by atoms with Gasteiger partial charge in [0.25, 0.3) is 0 Å². The van der Waals surface area contributed by atoms with Crippen LogP contribution in [0.25, 0.3) is 5.65 Å². The van der Waals surface area contributed by atoms with Crippen LogP contribution < -0.4 is 0 Å². The predicted molar refractivity (Wildman–Crippen MR) is 54.7 cm³/mol. The first-order valence-electron chi connectivity index (χ1n) is 3.95. The van der Waals surface area contributed by atoms with E-state index in [2.05, 4.69) is 10.1 Å².